The molecule has 3 aliphatic rings. The maximum Gasteiger partial charge on any atom is 0.340 e. The third-order valence-electron chi connectivity index (χ3n) is 6.96. The molecule has 2 N–H and O–H groups in total. The molecule has 0 saturated carbocycles. The van der Waals surface area contributed by atoms with Gasteiger partial charge in [0.25, 0.3) is 5.56 Å². The Morgan fingerprint density at radius 1 is 1.34 bits per heavy atom. The third kappa shape index (κ3) is 3.15. The topological polar surface area (TPSA) is 113 Å². The van der Waals surface area contributed by atoms with Gasteiger partial charge in [-0.05, 0) is 25.8 Å². The average molecular weight is 478 g/mol. The number of esters is 1. The molecule has 1 aromatic heterocycles. The summed E-state index contributed by atoms with van der Waals surface area (Å²) in [6, 6.07) is 8.72. The first-order valence-electron chi connectivity index (χ1n) is 11.5. The number of hydrogen-bond acceptors (Lipinski definition) is 7. The van der Waals surface area contributed by atoms with Crippen molar-refractivity contribution in [3.63, 3.8) is 0 Å². The van der Waals surface area contributed by atoms with E-state index < -0.39 is 22.9 Å². The Labute approximate surface area is 202 Å². The van der Waals surface area contributed by atoms with Crippen molar-refractivity contribution in [2.24, 2.45) is 5.73 Å². The van der Waals surface area contributed by atoms with Gasteiger partial charge in [0.15, 0.2) is 0 Å². The zero-order chi connectivity index (χ0) is 24.9. The minimum atomic E-state index is -1.83. The first-order valence-corrected chi connectivity index (χ1v) is 11.5. The van der Waals surface area contributed by atoms with Gasteiger partial charge in [-0.3, -0.25) is 9.59 Å². The second-order valence-electron chi connectivity index (χ2n) is 8.88. The molecule has 4 heterocycles. The predicted molar refractivity (Wildman–Crippen MR) is 128 cm³/mol. The Bertz CT molecular complexity index is 1340. The quantitative estimate of drug-likeness (QED) is 0.517. The van der Waals surface area contributed by atoms with Crippen LogP contribution in [0, 0.1) is 6.92 Å². The lowest BCUT2D eigenvalue weighted by atomic mass is 9.68. The molecule has 1 spiro atoms. The Hall–Kier alpha value is -3.85. The number of rotatable bonds is 5. The van der Waals surface area contributed by atoms with Crippen LogP contribution in [0.4, 0.5) is 5.69 Å². The van der Waals surface area contributed by atoms with Crippen LogP contribution in [0.25, 0.3) is 0 Å². The van der Waals surface area contributed by atoms with Gasteiger partial charge in [0, 0.05) is 36.2 Å². The average Bonchev–Trinajstić information content (AvgIpc) is 3.43. The number of hydrogen-bond donors (Lipinski definition) is 1. The summed E-state index contributed by atoms with van der Waals surface area (Å²) in [5.41, 5.74) is 5.50. The van der Waals surface area contributed by atoms with Crippen LogP contribution in [0.2, 0.25) is 0 Å². The maximum atomic E-state index is 14.3. The lowest BCUT2D eigenvalue weighted by Crippen LogP contribution is -2.52. The van der Waals surface area contributed by atoms with Crippen molar-refractivity contribution in [1.82, 2.24) is 4.57 Å². The summed E-state index contributed by atoms with van der Waals surface area (Å²) in [7, 11) is 1.20. The lowest BCUT2D eigenvalue weighted by molar-refractivity contribution is -0.138. The number of nitrogens with two attached hydrogens (primary N) is 1. The highest BCUT2D eigenvalue weighted by Crippen LogP contribution is 2.54. The molecule has 1 aromatic carbocycles. The van der Waals surface area contributed by atoms with Crippen LogP contribution in [0.5, 0.6) is 5.75 Å². The number of anilines is 1. The highest BCUT2D eigenvalue weighted by atomic mass is 16.5. The standard InChI is InChI=1S/C26H27N3O6/c1-4-11-28-18-10-6-5-9-17(18)26(25(28)32)20-19(35-22(27)21(26)24(31)33-3)13-15(2)29(23(20)30)14-16-8-7-12-34-16/h4-6,9-10,13,16H,1,7-8,11-12,14,27H2,2-3H3/t16-,26+/m0/s1. The molecule has 9 heteroatoms. The first kappa shape index (κ1) is 22.9. The molecule has 1 fully saturated rings. The number of methoxy groups -OCH3 is 1. The summed E-state index contributed by atoms with van der Waals surface area (Å²) >= 11 is 0. The van der Waals surface area contributed by atoms with E-state index in [9.17, 15) is 14.4 Å². The van der Waals surface area contributed by atoms with Crippen molar-refractivity contribution in [2.75, 3.05) is 25.2 Å². The Balaban J connectivity index is 1.86. The summed E-state index contributed by atoms with van der Waals surface area (Å²) in [4.78, 5) is 43.1. The fourth-order valence-corrected chi connectivity index (χ4v) is 5.47. The molecule has 35 heavy (non-hydrogen) atoms. The Kier molecular flexibility index (Phi) is 5.52. The number of benzene rings is 1. The summed E-state index contributed by atoms with van der Waals surface area (Å²) in [5.74, 6) is -1.47. The molecule has 0 unspecified atom stereocenters. The van der Waals surface area contributed by atoms with Crippen LogP contribution in [0.15, 0.2) is 59.2 Å². The second-order valence-corrected chi connectivity index (χ2v) is 8.88. The fraction of sp³-hybridized carbons (Fsp3) is 0.346. The predicted octanol–water partition coefficient (Wildman–Crippen LogP) is 1.89. The number of ether oxygens (including phenoxy) is 3. The number of amides is 1. The molecular formula is C26H27N3O6. The summed E-state index contributed by atoms with van der Waals surface area (Å²) in [5, 5.41) is 0. The van der Waals surface area contributed by atoms with Crippen molar-refractivity contribution in [2.45, 2.75) is 37.8 Å². The minimum Gasteiger partial charge on any atom is -0.465 e. The van der Waals surface area contributed by atoms with E-state index in [2.05, 4.69) is 6.58 Å². The number of aryl methyl sites for hydroxylation is 1. The van der Waals surface area contributed by atoms with E-state index in [0.29, 0.717) is 30.1 Å². The van der Waals surface area contributed by atoms with E-state index in [1.165, 1.54) is 12.0 Å². The van der Waals surface area contributed by atoms with Crippen LogP contribution in [-0.4, -0.2) is 42.8 Å². The number of fused-ring (bicyclic) bond motifs is 4. The second kappa shape index (κ2) is 8.42. The lowest BCUT2D eigenvalue weighted by Gasteiger charge is -2.36. The van der Waals surface area contributed by atoms with E-state index in [1.54, 1.807) is 47.9 Å². The van der Waals surface area contributed by atoms with E-state index in [1.807, 2.05) is 0 Å². The minimum absolute atomic E-state index is 0.0414. The normalized spacial score (nSPS) is 22.7. The summed E-state index contributed by atoms with van der Waals surface area (Å²) in [6.07, 6.45) is 3.23. The molecule has 182 valence electrons. The van der Waals surface area contributed by atoms with Crippen molar-refractivity contribution >= 4 is 17.6 Å². The van der Waals surface area contributed by atoms with Gasteiger partial charge < -0.3 is 29.4 Å². The van der Waals surface area contributed by atoms with Crippen molar-refractivity contribution in [1.29, 1.82) is 0 Å². The Morgan fingerprint density at radius 3 is 2.80 bits per heavy atom. The van der Waals surface area contributed by atoms with Crippen molar-refractivity contribution in [3.05, 3.63) is 81.6 Å². The Morgan fingerprint density at radius 2 is 2.11 bits per heavy atom. The molecule has 9 nitrogen and oxygen atoms in total. The molecular weight excluding hydrogens is 450 g/mol. The van der Waals surface area contributed by atoms with Gasteiger partial charge in [-0.2, -0.15) is 0 Å². The van der Waals surface area contributed by atoms with Crippen molar-refractivity contribution < 1.29 is 23.8 Å². The van der Waals surface area contributed by atoms with Gasteiger partial charge in [-0.15, -0.1) is 6.58 Å². The third-order valence-corrected chi connectivity index (χ3v) is 6.96. The van der Waals surface area contributed by atoms with E-state index in [0.717, 1.165) is 12.8 Å². The van der Waals surface area contributed by atoms with E-state index >= 15 is 0 Å². The van der Waals surface area contributed by atoms with E-state index in [-0.39, 0.29) is 35.4 Å². The molecule has 2 atom stereocenters. The number of pyridine rings is 1. The molecule has 0 bridgehead atoms. The summed E-state index contributed by atoms with van der Waals surface area (Å²) in [6.45, 7) is 6.71. The molecule has 0 radical (unpaired) electrons. The number of aromatic nitrogens is 1. The zero-order valence-electron chi connectivity index (χ0n) is 19.7. The van der Waals surface area contributed by atoms with Crippen LogP contribution in [0.1, 0.15) is 29.7 Å². The monoisotopic (exact) mass is 477 g/mol. The number of nitrogens with zero attached hydrogens (tertiary/aromatic N) is 2. The van der Waals surface area contributed by atoms with Gasteiger partial charge in [0.05, 0.1) is 25.3 Å². The molecule has 1 amide bonds. The smallest absolute Gasteiger partial charge is 0.340 e. The molecule has 1 saturated heterocycles. The number of para-hydroxylation sites is 1. The SMILES string of the molecule is C=CCN1C(=O)[C@]2(C(C(=O)OC)=C(N)Oc3cc(C)n(C[C@@H]4CCCO4)c(=O)c32)c2ccccc21. The largest absolute Gasteiger partial charge is 0.465 e. The molecule has 3 aliphatic heterocycles. The van der Waals surface area contributed by atoms with Crippen LogP contribution >= 0.6 is 0 Å². The van der Waals surface area contributed by atoms with Gasteiger partial charge in [0.1, 0.15) is 16.7 Å². The fourth-order valence-electron chi connectivity index (χ4n) is 5.47. The van der Waals surface area contributed by atoms with Crippen molar-refractivity contribution in [3.8, 4) is 5.75 Å². The van der Waals surface area contributed by atoms with Crippen LogP contribution < -0.4 is 20.9 Å². The highest BCUT2D eigenvalue weighted by Gasteiger charge is 2.62. The summed E-state index contributed by atoms with van der Waals surface area (Å²) < 4.78 is 18.2. The van der Waals surface area contributed by atoms with Gasteiger partial charge in [0.2, 0.25) is 11.8 Å². The maximum absolute atomic E-state index is 14.3. The number of carbonyl (C=O) groups excluding carboxylic acids is 2. The van der Waals surface area contributed by atoms with Gasteiger partial charge in [-0.25, -0.2) is 4.79 Å². The first-order chi connectivity index (χ1) is 16.9. The molecule has 0 aliphatic carbocycles. The van der Waals surface area contributed by atoms with Gasteiger partial charge >= 0.3 is 5.97 Å². The molecule has 5 rings (SSSR count). The van der Waals surface area contributed by atoms with Crippen LogP contribution in [-0.2, 0) is 31.0 Å². The zero-order valence-corrected chi connectivity index (χ0v) is 19.7. The number of carbonyl (C=O) groups is 2. The van der Waals surface area contributed by atoms with Gasteiger partial charge in [-0.1, -0.05) is 24.3 Å². The van der Waals surface area contributed by atoms with E-state index in [4.69, 9.17) is 19.9 Å². The van der Waals surface area contributed by atoms with Crippen LogP contribution in [0.3, 0.4) is 0 Å². The molecule has 2 aromatic rings. The highest BCUT2D eigenvalue weighted by molar-refractivity contribution is 6.18.